The van der Waals surface area contributed by atoms with E-state index in [0.717, 1.165) is 49.3 Å². The predicted octanol–water partition coefficient (Wildman–Crippen LogP) is 6.22. The third-order valence-electron chi connectivity index (χ3n) is 6.18. The quantitative estimate of drug-likeness (QED) is 0.226. The summed E-state index contributed by atoms with van der Waals surface area (Å²) < 4.78 is 12.4. The number of nitrogens with zero attached hydrogens (tertiary/aromatic N) is 2. The first-order chi connectivity index (χ1) is 18.4. The lowest BCUT2D eigenvalue weighted by Gasteiger charge is -2.13. The summed E-state index contributed by atoms with van der Waals surface area (Å²) in [7, 11) is 1.64. The maximum atomic E-state index is 11.1. The molecule has 1 unspecified atom stereocenters. The van der Waals surface area contributed by atoms with Gasteiger partial charge in [0, 0.05) is 16.0 Å². The monoisotopic (exact) mass is 545 g/mol. The first-order valence-corrected chi connectivity index (χ1v) is 13.0. The number of hydrogen-bond acceptors (Lipinski definition) is 7. The largest absolute Gasteiger partial charge is 0.497 e. The van der Waals surface area contributed by atoms with E-state index in [4.69, 9.17) is 31.9 Å². The third-order valence-corrected chi connectivity index (χ3v) is 7.37. The molecular formula is C29H24ClN3O4S. The number of carboxylic acids is 1. The van der Waals surface area contributed by atoms with Crippen molar-refractivity contribution in [2.24, 2.45) is 5.73 Å². The zero-order valence-corrected chi connectivity index (χ0v) is 22.0. The Kier molecular flexibility index (Phi) is 7.55. The summed E-state index contributed by atoms with van der Waals surface area (Å²) in [5.41, 5.74) is 12.1. The van der Waals surface area contributed by atoms with Gasteiger partial charge in [-0.25, -0.2) is 9.97 Å². The average Bonchev–Trinajstić information content (AvgIpc) is 3.37. The summed E-state index contributed by atoms with van der Waals surface area (Å²) in [6.07, 6.45) is 1.77. The van der Waals surface area contributed by atoms with Gasteiger partial charge in [0.25, 0.3) is 0 Å². The number of thiophene rings is 1. The van der Waals surface area contributed by atoms with E-state index in [1.54, 1.807) is 7.11 Å². The van der Waals surface area contributed by atoms with Gasteiger partial charge < -0.3 is 20.3 Å². The molecule has 0 aliphatic rings. The molecule has 9 heteroatoms. The van der Waals surface area contributed by atoms with Crippen LogP contribution in [0.5, 0.6) is 11.6 Å². The van der Waals surface area contributed by atoms with Crippen LogP contribution in [-0.4, -0.2) is 34.2 Å². The summed E-state index contributed by atoms with van der Waals surface area (Å²) in [5, 5.41) is 11.7. The highest BCUT2D eigenvalue weighted by Gasteiger charge is 2.16. The van der Waals surface area contributed by atoms with Crippen molar-refractivity contribution in [1.82, 2.24) is 9.97 Å². The van der Waals surface area contributed by atoms with Crippen LogP contribution in [0.4, 0.5) is 0 Å². The molecule has 3 N–H and O–H groups in total. The van der Waals surface area contributed by atoms with E-state index in [1.807, 2.05) is 72.1 Å². The minimum atomic E-state index is -1.02. The topological polar surface area (TPSA) is 108 Å². The van der Waals surface area contributed by atoms with Gasteiger partial charge in [-0.3, -0.25) is 4.79 Å². The normalized spacial score (nSPS) is 11.9. The van der Waals surface area contributed by atoms with E-state index >= 15 is 0 Å². The van der Waals surface area contributed by atoms with Crippen LogP contribution in [0.1, 0.15) is 11.1 Å². The number of aliphatic carboxylic acids is 1. The van der Waals surface area contributed by atoms with Crippen LogP contribution < -0.4 is 15.2 Å². The van der Waals surface area contributed by atoms with Crippen molar-refractivity contribution < 1.29 is 19.4 Å². The Morgan fingerprint density at radius 1 is 1.05 bits per heavy atom. The molecule has 3 aromatic carbocycles. The van der Waals surface area contributed by atoms with Crippen LogP contribution >= 0.6 is 22.9 Å². The Balaban J connectivity index is 1.40. The number of nitrogens with two attached hydrogens (primary N) is 1. The van der Waals surface area contributed by atoms with Gasteiger partial charge in [-0.15, -0.1) is 11.3 Å². The van der Waals surface area contributed by atoms with Crippen molar-refractivity contribution in [2.75, 3.05) is 7.11 Å². The highest BCUT2D eigenvalue weighted by molar-refractivity contribution is 7.18. The fraction of sp³-hybridized carbons (Fsp3) is 0.138. The Bertz CT molecular complexity index is 1600. The van der Waals surface area contributed by atoms with Crippen LogP contribution in [0.3, 0.4) is 0 Å². The molecule has 7 nitrogen and oxygen atoms in total. The SMILES string of the molecule is COc1cccc(-c2cc(Cl)ccc2COc2ncnc3c(-c4ccc(CC(N)C(=O)O)cc4)csc23)c1. The number of rotatable bonds is 9. The molecule has 0 aliphatic heterocycles. The van der Waals surface area contributed by atoms with Crippen LogP contribution in [-0.2, 0) is 17.8 Å². The lowest BCUT2D eigenvalue weighted by molar-refractivity contribution is -0.138. The Morgan fingerprint density at radius 2 is 1.87 bits per heavy atom. The number of hydrogen-bond donors (Lipinski definition) is 2. The highest BCUT2D eigenvalue weighted by atomic mass is 35.5. The van der Waals surface area contributed by atoms with Crippen molar-refractivity contribution in [1.29, 1.82) is 0 Å². The Morgan fingerprint density at radius 3 is 2.63 bits per heavy atom. The molecule has 192 valence electrons. The summed E-state index contributed by atoms with van der Waals surface area (Å²) in [4.78, 5) is 20.0. The lowest BCUT2D eigenvalue weighted by atomic mass is 10.00. The van der Waals surface area contributed by atoms with E-state index in [0.29, 0.717) is 17.5 Å². The van der Waals surface area contributed by atoms with E-state index in [-0.39, 0.29) is 6.42 Å². The standard InChI is InChI=1S/C29H24ClN3O4S/c1-36-22-4-2-3-19(12-22)23-13-21(30)10-9-20(23)14-37-28-27-26(32-16-33-28)24(15-38-27)18-7-5-17(6-8-18)11-25(31)29(34)35/h2-10,12-13,15-16,25H,11,14,31H2,1H3,(H,34,35). The minimum absolute atomic E-state index is 0.266. The van der Waals surface area contributed by atoms with Gasteiger partial charge in [0.2, 0.25) is 5.88 Å². The maximum absolute atomic E-state index is 11.1. The first kappa shape index (κ1) is 25.7. The molecule has 0 bridgehead atoms. The van der Waals surface area contributed by atoms with Crippen molar-refractivity contribution >= 4 is 39.1 Å². The smallest absolute Gasteiger partial charge is 0.320 e. The molecule has 2 aromatic heterocycles. The predicted molar refractivity (Wildman–Crippen MR) is 150 cm³/mol. The second-order valence-corrected chi connectivity index (χ2v) is 9.99. The minimum Gasteiger partial charge on any atom is -0.497 e. The van der Waals surface area contributed by atoms with Crippen molar-refractivity contribution in [3.8, 4) is 33.9 Å². The van der Waals surface area contributed by atoms with Gasteiger partial charge >= 0.3 is 5.97 Å². The number of methoxy groups -OCH3 is 1. The lowest BCUT2D eigenvalue weighted by Crippen LogP contribution is -2.32. The molecule has 0 saturated heterocycles. The molecule has 38 heavy (non-hydrogen) atoms. The molecule has 5 rings (SSSR count). The van der Waals surface area contributed by atoms with Gasteiger partial charge in [-0.05, 0) is 58.5 Å². The molecule has 2 heterocycles. The molecule has 0 aliphatic carbocycles. The van der Waals surface area contributed by atoms with E-state index < -0.39 is 12.0 Å². The van der Waals surface area contributed by atoms with Gasteiger partial charge in [0.05, 0.1) is 12.6 Å². The summed E-state index contributed by atoms with van der Waals surface area (Å²) in [5.74, 6) is 0.244. The number of carbonyl (C=O) groups is 1. The van der Waals surface area contributed by atoms with Crippen LogP contribution in [0, 0.1) is 0 Å². The van der Waals surface area contributed by atoms with Crippen LogP contribution in [0.25, 0.3) is 32.5 Å². The van der Waals surface area contributed by atoms with Crippen LogP contribution in [0.2, 0.25) is 5.02 Å². The molecule has 0 spiro atoms. The number of benzene rings is 3. The first-order valence-electron chi connectivity index (χ1n) is 11.8. The molecule has 1 atom stereocenters. The molecule has 0 radical (unpaired) electrons. The van der Waals surface area contributed by atoms with Crippen molar-refractivity contribution in [2.45, 2.75) is 19.1 Å². The van der Waals surface area contributed by atoms with Crippen molar-refractivity contribution in [3.63, 3.8) is 0 Å². The van der Waals surface area contributed by atoms with Gasteiger partial charge in [-0.1, -0.05) is 54.1 Å². The number of fused-ring (bicyclic) bond motifs is 1. The second-order valence-electron chi connectivity index (χ2n) is 8.67. The highest BCUT2D eigenvalue weighted by Crippen LogP contribution is 2.37. The Labute approximate surface area is 228 Å². The number of aromatic nitrogens is 2. The fourth-order valence-electron chi connectivity index (χ4n) is 4.18. The number of halogens is 1. The number of ether oxygens (including phenoxy) is 2. The zero-order valence-electron chi connectivity index (χ0n) is 20.4. The maximum Gasteiger partial charge on any atom is 0.320 e. The zero-order chi connectivity index (χ0) is 26.6. The van der Waals surface area contributed by atoms with E-state index in [9.17, 15) is 4.79 Å². The summed E-state index contributed by atoms with van der Waals surface area (Å²) in [6, 6.07) is 20.3. The fourth-order valence-corrected chi connectivity index (χ4v) is 5.32. The molecule has 0 saturated carbocycles. The summed E-state index contributed by atoms with van der Waals surface area (Å²) >= 11 is 7.83. The molecular weight excluding hydrogens is 522 g/mol. The van der Waals surface area contributed by atoms with Crippen molar-refractivity contribution in [3.05, 3.63) is 94.6 Å². The average molecular weight is 546 g/mol. The molecule has 5 aromatic rings. The van der Waals surface area contributed by atoms with Gasteiger partial charge in [0.1, 0.15) is 29.4 Å². The van der Waals surface area contributed by atoms with Gasteiger partial charge in [-0.2, -0.15) is 0 Å². The van der Waals surface area contributed by atoms with Crippen LogP contribution in [0.15, 0.2) is 78.4 Å². The molecule has 0 fully saturated rings. The number of carboxylic acid groups (broad SMARTS) is 1. The van der Waals surface area contributed by atoms with Gasteiger partial charge in [0.15, 0.2) is 0 Å². The third kappa shape index (κ3) is 5.47. The summed E-state index contributed by atoms with van der Waals surface area (Å²) in [6.45, 7) is 0.293. The van der Waals surface area contributed by atoms with E-state index in [1.165, 1.54) is 17.7 Å². The Hall–Kier alpha value is -3.98. The second kappa shape index (κ2) is 11.2. The van der Waals surface area contributed by atoms with E-state index in [2.05, 4.69) is 9.97 Å². The molecule has 0 amide bonds.